The van der Waals surface area contributed by atoms with Gasteiger partial charge in [0, 0.05) is 6.54 Å². The summed E-state index contributed by atoms with van der Waals surface area (Å²) in [5, 5.41) is 10.1. The number of ether oxygens (including phenoxy) is 3. The van der Waals surface area contributed by atoms with E-state index in [2.05, 4.69) is 23.5 Å². The van der Waals surface area contributed by atoms with Gasteiger partial charge in [-0.25, -0.2) is 4.79 Å². The molecule has 1 N–H and O–H groups in total. The molecular weight excluding hydrogens is 286 g/mol. The van der Waals surface area contributed by atoms with E-state index in [1.807, 2.05) is 0 Å². The fraction of sp³-hybridized carbons (Fsp3) is 0.562. The van der Waals surface area contributed by atoms with E-state index in [4.69, 9.17) is 9.47 Å². The van der Waals surface area contributed by atoms with Crippen LogP contribution < -0.4 is 9.47 Å². The van der Waals surface area contributed by atoms with Crippen LogP contribution in [0.4, 0.5) is 0 Å². The number of phenols is 1. The molecule has 0 radical (unpaired) electrons. The van der Waals surface area contributed by atoms with Crippen molar-refractivity contribution in [2.24, 2.45) is 0 Å². The van der Waals surface area contributed by atoms with Crippen molar-refractivity contribution in [3.8, 4) is 17.2 Å². The molecule has 1 rings (SSSR count). The fourth-order valence-corrected chi connectivity index (χ4v) is 2.15. The van der Waals surface area contributed by atoms with Crippen LogP contribution in [0.25, 0.3) is 0 Å². The minimum atomic E-state index is -0.621. The van der Waals surface area contributed by atoms with Gasteiger partial charge in [-0.3, -0.25) is 0 Å². The van der Waals surface area contributed by atoms with Crippen LogP contribution in [0.1, 0.15) is 30.6 Å². The van der Waals surface area contributed by atoms with Gasteiger partial charge in [0.25, 0.3) is 0 Å². The molecule has 0 saturated heterocycles. The summed E-state index contributed by atoms with van der Waals surface area (Å²) >= 11 is 0. The molecule has 0 bridgehead atoms. The van der Waals surface area contributed by atoms with E-state index in [9.17, 15) is 9.90 Å². The number of rotatable bonds is 9. The number of carbonyl (C=O) groups is 1. The summed E-state index contributed by atoms with van der Waals surface area (Å²) in [6, 6.07) is 3.06. The van der Waals surface area contributed by atoms with E-state index in [0.29, 0.717) is 12.4 Å². The van der Waals surface area contributed by atoms with Crippen molar-refractivity contribution in [2.45, 2.75) is 20.3 Å². The number of benzene rings is 1. The number of carbonyl (C=O) groups excluding carboxylic acids is 1. The average Bonchev–Trinajstić information content (AvgIpc) is 2.54. The lowest BCUT2D eigenvalue weighted by Crippen LogP contribution is -2.25. The van der Waals surface area contributed by atoms with Crippen molar-refractivity contribution in [3.63, 3.8) is 0 Å². The van der Waals surface area contributed by atoms with Crippen LogP contribution in [0.3, 0.4) is 0 Å². The molecule has 6 nitrogen and oxygen atoms in total. The van der Waals surface area contributed by atoms with Gasteiger partial charge in [-0.05, 0) is 31.6 Å². The highest BCUT2D eigenvalue weighted by atomic mass is 16.5. The molecule has 0 atom stereocenters. The van der Waals surface area contributed by atoms with E-state index in [1.54, 1.807) is 6.07 Å². The molecule has 22 heavy (non-hydrogen) atoms. The molecule has 0 spiro atoms. The number of methoxy groups -OCH3 is 2. The summed E-state index contributed by atoms with van der Waals surface area (Å²) < 4.78 is 15.4. The van der Waals surface area contributed by atoms with Crippen LogP contribution in [-0.2, 0) is 4.74 Å². The van der Waals surface area contributed by atoms with Crippen LogP contribution >= 0.6 is 0 Å². The van der Waals surface area contributed by atoms with Gasteiger partial charge in [0.05, 0.1) is 20.8 Å². The van der Waals surface area contributed by atoms with Crippen molar-refractivity contribution >= 4 is 5.97 Å². The Balaban J connectivity index is 2.71. The Kier molecular flexibility index (Phi) is 7.52. The van der Waals surface area contributed by atoms with E-state index >= 15 is 0 Å². The van der Waals surface area contributed by atoms with Gasteiger partial charge in [-0.1, -0.05) is 13.8 Å². The summed E-state index contributed by atoms with van der Waals surface area (Å²) in [4.78, 5) is 13.8. The number of phenolic OH excluding ortho intramolecular Hbond substituents is 1. The molecular formula is C16H25NO5. The third-order valence-corrected chi connectivity index (χ3v) is 3.48. The third-order valence-electron chi connectivity index (χ3n) is 3.48. The van der Waals surface area contributed by atoms with E-state index in [0.717, 1.165) is 26.1 Å². The standard InChI is InChI=1S/C16H25NO5/c1-5-17(6-2)10-7-11-22-13-9-8-12(16(19)21-4)14(18)15(13)20-3/h8-9,18H,5-7,10-11H2,1-4H3. The van der Waals surface area contributed by atoms with Crippen molar-refractivity contribution in [1.29, 1.82) is 0 Å². The van der Waals surface area contributed by atoms with Gasteiger partial charge in [0.15, 0.2) is 11.5 Å². The fourth-order valence-electron chi connectivity index (χ4n) is 2.15. The maximum Gasteiger partial charge on any atom is 0.341 e. The lowest BCUT2D eigenvalue weighted by molar-refractivity contribution is 0.0596. The maximum absolute atomic E-state index is 11.5. The highest BCUT2D eigenvalue weighted by molar-refractivity contribution is 5.93. The zero-order valence-corrected chi connectivity index (χ0v) is 13.7. The second-order valence-electron chi connectivity index (χ2n) is 4.71. The lowest BCUT2D eigenvalue weighted by Gasteiger charge is -2.18. The topological polar surface area (TPSA) is 68.2 Å². The average molecular weight is 311 g/mol. The van der Waals surface area contributed by atoms with Gasteiger partial charge in [-0.2, -0.15) is 0 Å². The van der Waals surface area contributed by atoms with Gasteiger partial charge >= 0.3 is 5.97 Å². The lowest BCUT2D eigenvalue weighted by atomic mass is 10.1. The zero-order valence-electron chi connectivity index (χ0n) is 13.7. The molecule has 0 aromatic heterocycles. The Labute approximate surface area is 131 Å². The second-order valence-corrected chi connectivity index (χ2v) is 4.71. The first kappa shape index (κ1) is 18.1. The zero-order chi connectivity index (χ0) is 16.5. The Morgan fingerprint density at radius 2 is 1.91 bits per heavy atom. The molecule has 0 fully saturated rings. The normalized spacial score (nSPS) is 10.6. The SMILES string of the molecule is CCN(CC)CCCOc1ccc(C(=O)OC)c(O)c1OC. The third kappa shape index (κ3) is 4.53. The molecule has 0 aliphatic carbocycles. The Morgan fingerprint density at radius 3 is 2.45 bits per heavy atom. The number of hydrogen-bond acceptors (Lipinski definition) is 6. The van der Waals surface area contributed by atoms with E-state index < -0.39 is 5.97 Å². The predicted molar refractivity (Wildman–Crippen MR) is 83.9 cm³/mol. The van der Waals surface area contributed by atoms with Crippen LogP contribution in [0.2, 0.25) is 0 Å². The summed E-state index contributed by atoms with van der Waals surface area (Å²) in [6.07, 6.45) is 0.865. The number of aromatic hydroxyl groups is 1. The van der Waals surface area contributed by atoms with Crippen molar-refractivity contribution in [1.82, 2.24) is 4.90 Å². The smallest absolute Gasteiger partial charge is 0.341 e. The van der Waals surface area contributed by atoms with Crippen LogP contribution in [0.15, 0.2) is 12.1 Å². The largest absolute Gasteiger partial charge is 0.504 e. The first-order chi connectivity index (χ1) is 10.6. The molecule has 6 heteroatoms. The van der Waals surface area contributed by atoms with Crippen molar-refractivity contribution in [2.75, 3.05) is 40.5 Å². The quantitative estimate of drug-likeness (QED) is 0.557. The highest BCUT2D eigenvalue weighted by Gasteiger charge is 2.19. The molecule has 0 saturated carbocycles. The van der Waals surface area contributed by atoms with Gasteiger partial charge in [0.2, 0.25) is 5.75 Å². The molecule has 0 aliphatic rings. The summed E-state index contributed by atoms with van der Waals surface area (Å²) in [7, 11) is 2.67. The molecule has 0 unspecified atom stereocenters. The molecule has 1 aromatic carbocycles. The van der Waals surface area contributed by atoms with E-state index in [1.165, 1.54) is 20.3 Å². The first-order valence-corrected chi connectivity index (χ1v) is 7.42. The molecule has 124 valence electrons. The first-order valence-electron chi connectivity index (χ1n) is 7.42. The molecule has 0 heterocycles. The van der Waals surface area contributed by atoms with Crippen LogP contribution in [-0.4, -0.2) is 56.4 Å². The summed E-state index contributed by atoms with van der Waals surface area (Å²) in [6.45, 7) is 7.71. The van der Waals surface area contributed by atoms with E-state index in [-0.39, 0.29) is 17.1 Å². The minimum Gasteiger partial charge on any atom is -0.504 e. The summed E-state index contributed by atoms with van der Waals surface area (Å²) in [5.41, 5.74) is 0.0508. The monoisotopic (exact) mass is 311 g/mol. The number of esters is 1. The molecule has 0 aliphatic heterocycles. The Morgan fingerprint density at radius 1 is 1.23 bits per heavy atom. The molecule has 0 amide bonds. The van der Waals surface area contributed by atoms with Crippen molar-refractivity contribution in [3.05, 3.63) is 17.7 Å². The van der Waals surface area contributed by atoms with Gasteiger partial charge in [0.1, 0.15) is 5.56 Å². The summed E-state index contributed by atoms with van der Waals surface area (Å²) in [5.74, 6) is -0.336. The number of nitrogens with zero attached hydrogens (tertiary/aromatic N) is 1. The Bertz CT molecular complexity index is 486. The minimum absolute atomic E-state index is 0.0508. The predicted octanol–water partition coefficient (Wildman–Crippen LogP) is 2.30. The number of hydrogen-bond donors (Lipinski definition) is 1. The van der Waals surface area contributed by atoms with Gasteiger partial charge < -0.3 is 24.2 Å². The Hall–Kier alpha value is -1.95. The van der Waals surface area contributed by atoms with Crippen LogP contribution in [0.5, 0.6) is 17.2 Å². The van der Waals surface area contributed by atoms with Gasteiger partial charge in [-0.15, -0.1) is 0 Å². The second kappa shape index (κ2) is 9.15. The molecule has 1 aromatic rings. The van der Waals surface area contributed by atoms with Crippen molar-refractivity contribution < 1.29 is 24.1 Å². The maximum atomic E-state index is 11.5. The van der Waals surface area contributed by atoms with Crippen LogP contribution in [0, 0.1) is 0 Å². The highest BCUT2D eigenvalue weighted by Crippen LogP contribution is 2.39.